The van der Waals surface area contributed by atoms with Crippen molar-refractivity contribution >= 4 is 24.9 Å². The fourth-order valence-electron chi connectivity index (χ4n) is 5.49. The number of methoxy groups -OCH3 is 1. The topological polar surface area (TPSA) is 44.8 Å². The van der Waals surface area contributed by atoms with Crippen LogP contribution in [0.4, 0.5) is 0 Å². The standard InChI is InChI=1S/C33H46O4Si/c1-7-8-9-10-17-22-31-25(2)23-26(3)32(27(4)24-28(5)33(34)35-6)37-38(36-31,29-18-13-11-14-19-29)30-20-15-12-16-21-30/h11-16,18-21,23-25,27,31-32H,7-10,17,22H2,1-6H3/b26-23-,28-24+/t25-,27+,31-,32-/m1/s1. The van der Waals surface area contributed by atoms with Gasteiger partial charge in [-0.15, -0.1) is 0 Å². The Labute approximate surface area is 231 Å². The summed E-state index contributed by atoms with van der Waals surface area (Å²) in [6.07, 6.45) is 11.3. The number of hydrogen-bond donors (Lipinski definition) is 0. The molecule has 0 spiro atoms. The van der Waals surface area contributed by atoms with Gasteiger partial charge in [-0.05, 0) is 42.1 Å². The second kappa shape index (κ2) is 14.6. The summed E-state index contributed by atoms with van der Waals surface area (Å²) in [7, 11) is -1.72. The van der Waals surface area contributed by atoms with Gasteiger partial charge in [0.25, 0.3) is 0 Å². The van der Waals surface area contributed by atoms with E-state index in [1.807, 2.05) is 18.2 Å². The maximum Gasteiger partial charge on any atom is 0.407 e. The van der Waals surface area contributed by atoms with Crippen LogP contribution >= 0.6 is 0 Å². The van der Waals surface area contributed by atoms with Crippen LogP contribution in [0.3, 0.4) is 0 Å². The van der Waals surface area contributed by atoms with Gasteiger partial charge in [0.05, 0.1) is 19.3 Å². The summed E-state index contributed by atoms with van der Waals surface area (Å²) in [4.78, 5) is 12.2. The molecular weight excluding hydrogens is 488 g/mol. The lowest BCUT2D eigenvalue weighted by molar-refractivity contribution is -0.136. The van der Waals surface area contributed by atoms with E-state index < -0.39 is 8.56 Å². The Morgan fingerprint density at radius 3 is 2.11 bits per heavy atom. The molecule has 4 atom stereocenters. The van der Waals surface area contributed by atoms with Crippen LogP contribution < -0.4 is 10.4 Å². The molecule has 1 heterocycles. The molecular formula is C33H46O4Si. The van der Waals surface area contributed by atoms with Gasteiger partial charge >= 0.3 is 14.5 Å². The molecule has 0 aromatic heterocycles. The zero-order valence-electron chi connectivity index (χ0n) is 24.1. The van der Waals surface area contributed by atoms with Gasteiger partial charge in [0.1, 0.15) is 0 Å². The Morgan fingerprint density at radius 1 is 0.974 bits per heavy atom. The first-order valence-corrected chi connectivity index (χ1v) is 16.1. The van der Waals surface area contributed by atoms with E-state index in [4.69, 9.17) is 13.6 Å². The monoisotopic (exact) mass is 534 g/mol. The second-order valence-corrected chi connectivity index (χ2v) is 13.6. The molecule has 1 aliphatic heterocycles. The minimum absolute atomic E-state index is 0.0500. The van der Waals surface area contributed by atoms with Crippen LogP contribution in [0.1, 0.15) is 73.1 Å². The average molecular weight is 535 g/mol. The highest BCUT2D eigenvalue weighted by Gasteiger charge is 2.49. The second-order valence-electron chi connectivity index (χ2n) is 10.7. The number of esters is 1. The van der Waals surface area contributed by atoms with E-state index in [1.165, 1.54) is 38.4 Å². The van der Waals surface area contributed by atoms with E-state index in [2.05, 4.69) is 82.3 Å². The van der Waals surface area contributed by atoms with Crippen molar-refractivity contribution in [1.29, 1.82) is 0 Å². The van der Waals surface area contributed by atoms with Gasteiger partial charge in [-0.1, -0.05) is 126 Å². The van der Waals surface area contributed by atoms with Crippen LogP contribution in [-0.2, 0) is 18.4 Å². The largest absolute Gasteiger partial charge is 0.466 e. The Bertz CT molecular complexity index is 1020. The highest BCUT2D eigenvalue weighted by Crippen LogP contribution is 2.32. The molecule has 5 heteroatoms. The maximum absolute atomic E-state index is 12.2. The molecule has 3 rings (SSSR count). The van der Waals surface area contributed by atoms with E-state index in [0.717, 1.165) is 23.2 Å². The molecule has 0 N–H and O–H groups in total. The Morgan fingerprint density at radius 2 is 1.55 bits per heavy atom. The van der Waals surface area contributed by atoms with Crippen molar-refractivity contribution in [3.8, 4) is 0 Å². The Kier molecular flexibility index (Phi) is 11.6. The van der Waals surface area contributed by atoms with E-state index in [1.54, 1.807) is 6.92 Å². The highest BCUT2D eigenvalue weighted by molar-refractivity contribution is 6.92. The lowest BCUT2D eigenvalue weighted by atomic mass is 9.91. The van der Waals surface area contributed by atoms with E-state index >= 15 is 0 Å². The Hall–Kier alpha value is -2.47. The van der Waals surface area contributed by atoms with Crippen molar-refractivity contribution in [3.63, 3.8) is 0 Å². The zero-order chi connectivity index (χ0) is 27.5. The van der Waals surface area contributed by atoms with Crippen LogP contribution in [0, 0.1) is 11.8 Å². The van der Waals surface area contributed by atoms with Crippen LogP contribution in [0.5, 0.6) is 0 Å². The smallest absolute Gasteiger partial charge is 0.407 e. The lowest BCUT2D eigenvalue weighted by Gasteiger charge is -2.43. The summed E-state index contributed by atoms with van der Waals surface area (Å²) < 4.78 is 19.6. The van der Waals surface area contributed by atoms with Crippen LogP contribution in [0.2, 0.25) is 0 Å². The number of benzene rings is 2. The van der Waals surface area contributed by atoms with Crippen molar-refractivity contribution in [3.05, 3.63) is 84.0 Å². The van der Waals surface area contributed by atoms with Crippen molar-refractivity contribution in [2.45, 2.75) is 85.4 Å². The summed E-state index contributed by atoms with van der Waals surface area (Å²) in [6.45, 7) is 10.6. The molecule has 4 nitrogen and oxygen atoms in total. The normalized spacial score (nSPS) is 24.0. The number of carbonyl (C=O) groups excluding carboxylic acids is 1. The molecule has 2 aromatic carbocycles. The average Bonchev–Trinajstić information content (AvgIpc) is 2.93. The molecule has 0 saturated carbocycles. The summed E-state index contributed by atoms with van der Waals surface area (Å²) in [5.41, 5.74) is 1.77. The SMILES string of the molecule is CCCCCCC[C@H]1O[Si](c2ccccc2)(c2ccccc2)O[C@@H]([C@@H](C)/C=C(\C)C(=O)OC)/C(C)=C\[C@H]1C. The predicted molar refractivity (Wildman–Crippen MR) is 159 cm³/mol. The fraction of sp³-hybridized carbons (Fsp3) is 0.485. The molecule has 2 aromatic rings. The lowest BCUT2D eigenvalue weighted by Crippen LogP contribution is -2.67. The third-order valence-electron chi connectivity index (χ3n) is 7.57. The molecule has 0 unspecified atom stereocenters. The molecule has 0 fully saturated rings. The molecule has 0 aliphatic carbocycles. The van der Waals surface area contributed by atoms with Gasteiger partial charge in [-0.2, -0.15) is 0 Å². The van der Waals surface area contributed by atoms with Crippen molar-refractivity contribution in [2.24, 2.45) is 11.8 Å². The first-order chi connectivity index (χ1) is 18.3. The maximum atomic E-state index is 12.2. The summed E-state index contributed by atoms with van der Waals surface area (Å²) in [6, 6.07) is 21.0. The van der Waals surface area contributed by atoms with Crippen LogP contribution in [0.25, 0.3) is 0 Å². The summed E-state index contributed by atoms with van der Waals surface area (Å²) in [5.74, 6) is -0.123. The molecule has 0 bridgehead atoms. The van der Waals surface area contributed by atoms with E-state index in [-0.39, 0.29) is 30.0 Å². The number of unbranched alkanes of at least 4 members (excludes halogenated alkanes) is 4. The quantitative estimate of drug-likeness (QED) is 0.105. The molecule has 0 saturated heterocycles. The minimum atomic E-state index is -3.14. The van der Waals surface area contributed by atoms with Crippen LogP contribution in [0.15, 0.2) is 84.0 Å². The molecule has 1 aliphatic rings. The molecule has 206 valence electrons. The van der Waals surface area contributed by atoms with Gasteiger partial charge < -0.3 is 13.6 Å². The zero-order valence-corrected chi connectivity index (χ0v) is 25.1. The van der Waals surface area contributed by atoms with Gasteiger partial charge in [0.15, 0.2) is 0 Å². The third kappa shape index (κ3) is 7.55. The molecule has 0 radical (unpaired) electrons. The first kappa shape index (κ1) is 30.1. The van der Waals surface area contributed by atoms with Gasteiger partial charge in [-0.25, -0.2) is 4.79 Å². The summed E-state index contributed by atoms with van der Waals surface area (Å²) >= 11 is 0. The number of carbonyl (C=O) groups is 1. The van der Waals surface area contributed by atoms with Gasteiger partial charge in [-0.3, -0.25) is 0 Å². The number of hydrogen-bond acceptors (Lipinski definition) is 4. The van der Waals surface area contributed by atoms with Gasteiger partial charge in [0, 0.05) is 11.5 Å². The van der Waals surface area contributed by atoms with Gasteiger partial charge in [0.2, 0.25) is 0 Å². The summed E-state index contributed by atoms with van der Waals surface area (Å²) in [5, 5.41) is 2.21. The Balaban J connectivity index is 2.11. The number of ether oxygens (including phenoxy) is 1. The highest BCUT2D eigenvalue weighted by atomic mass is 28.4. The minimum Gasteiger partial charge on any atom is -0.466 e. The van der Waals surface area contributed by atoms with Crippen LogP contribution in [-0.4, -0.2) is 33.8 Å². The van der Waals surface area contributed by atoms with Crippen molar-refractivity contribution < 1.29 is 18.4 Å². The molecule has 0 amide bonds. The number of rotatable bonds is 11. The fourth-order valence-corrected chi connectivity index (χ4v) is 9.21. The first-order valence-electron chi connectivity index (χ1n) is 14.2. The van der Waals surface area contributed by atoms with Crippen molar-refractivity contribution in [2.75, 3.05) is 7.11 Å². The third-order valence-corrected chi connectivity index (χ3v) is 11.0. The van der Waals surface area contributed by atoms with E-state index in [9.17, 15) is 4.79 Å². The molecule has 38 heavy (non-hydrogen) atoms. The van der Waals surface area contributed by atoms with Crippen molar-refractivity contribution in [1.82, 2.24) is 0 Å². The van der Waals surface area contributed by atoms with E-state index in [0.29, 0.717) is 5.57 Å². The predicted octanol–water partition coefficient (Wildman–Crippen LogP) is 6.73.